The molecule has 2 rings (SSSR count). The van der Waals surface area contributed by atoms with Crippen molar-refractivity contribution in [1.29, 1.82) is 0 Å². The second kappa shape index (κ2) is 9.37. The van der Waals surface area contributed by atoms with Crippen LogP contribution in [0.5, 0.6) is 5.75 Å². The molecule has 0 aromatic heterocycles. The second-order valence-electron chi connectivity index (χ2n) is 5.95. The van der Waals surface area contributed by atoms with Gasteiger partial charge in [0, 0.05) is 18.2 Å². The van der Waals surface area contributed by atoms with Gasteiger partial charge in [0.25, 0.3) is 15.7 Å². The molecule has 0 radical (unpaired) electrons. The number of carbonyl (C=O) groups excluding carboxylic acids is 1. The van der Waals surface area contributed by atoms with Crippen molar-refractivity contribution in [3.8, 4) is 5.75 Å². The molecule has 0 N–H and O–H groups in total. The van der Waals surface area contributed by atoms with E-state index >= 15 is 0 Å². The van der Waals surface area contributed by atoms with Crippen LogP contribution in [0.3, 0.4) is 0 Å². The minimum Gasteiger partial charge on any atom is -0.494 e. The zero-order valence-electron chi connectivity index (χ0n) is 16.3. The second-order valence-corrected chi connectivity index (χ2v) is 7.78. The highest BCUT2D eigenvalue weighted by molar-refractivity contribution is 7.93. The van der Waals surface area contributed by atoms with E-state index in [0.29, 0.717) is 17.9 Å². The van der Waals surface area contributed by atoms with Crippen LogP contribution in [0.15, 0.2) is 47.4 Å². The molecule has 0 aliphatic rings. The fourth-order valence-corrected chi connectivity index (χ4v) is 4.28. The van der Waals surface area contributed by atoms with Crippen LogP contribution in [0.1, 0.15) is 19.4 Å². The Morgan fingerprint density at radius 1 is 1.14 bits per heavy atom. The van der Waals surface area contributed by atoms with Crippen LogP contribution in [0.2, 0.25) is 0 Å². The summed E-state index contributed by atoms with van der Waals surface area (Å²) in [6.45, 7) is 4.78. The first-order chi connectivity index (χ1) is 13.7. The number of non-ortho nitro benzene ring substituents is 1. The first-order valence-electron chi connectivity index (χ1n) is 8.87. The van der Waals surface area contributed by atoms with Crippen molar-refractivity contribution in [2.75, 3.05) is 24.1 Å². The maximum atomic E-state index is 13.4. The van der Waals surface area contributed by atoms with Crippen LogP contribution >= 0.6 is 0 Å². The Balaban J connectivity index is 2.61. The molecule has 2 aromatic rings. The average Bonchev–Trinajstić information content (AvgIpc) is 2.66. The minimum atomic E-state index is -4.31. The highest BCUT2D eigenvalue weighted by Gasteiger charge is 2.30. The summed E-state index contributed by atoms with van der Waals surface area (Å²) in [5.41, 5.74) is 0.119. The molecule has 29 heavy (non-hydrogen) atoms. The molecule has 2 aromatic carbocycles. The van der Waals surface area contributed by atoms with Gasteiger partial charge in [-0.15, -0.1) is 0 Å². The third kappa shape index (κ3) is 5.23. The normalized spacial score (nSPS) is 11.0. The lowest BCUT2D eigenvalue weighted by Gasteiger charge is -2.24. The van der Waals surface area contributed by atoms with Gasteiger partial charge >= 0.3 is 5.97 Å². The topological polar surface area (TPSA) is 116 Å². The van der Waals surface area contributed by atoms with Gasteiger partial charge < -0.3 is 9.47 Å². The van der Waals surface area contributed by atoms with Gasteiger partial charge in [-0.05, 0) is 38.5 Å². The van der Waals surface area contributed by atoms with Crippen molar-refractivity contribution in [1.82, 2.24) is 0 Å². The van der Waals surface area contributed by atoms with E-state index in [9.17, 15) is 23.3 Å². The van der Waals surface area contributed by atoms with Gasteiger partial charge in [-0.3, -0.25) is 19.2 Å². The number of rotatable bonds is 9. The standard InChI is InChI=1S/C19H22N2O7S/c1-4-27-17-8-6-7-15(11-17)20(13-19(22)28-5-2)29(25,26)18-12-16(21(23)24)10-9-14(18)3/h6-12H,4-5,13H2,1-3H3. The summed E-state index contributed by atoms with van der Waals surface area (Å²) >= 11 is 0. The molecule has 9 nitrogen and oxygen atoms in total. The van der Waals surface area contributed by atoms with Crippen LogP contribution in [-0.4, -0.2) is 39.1 Å². The zero-order valence-corrected chi connectivity index (χ0v) is 17.1. The van der Waals surface area contributed by atoms with E-state index in [-0.39, 0.29) is 22.9 Å². The number of hydrogen-bond donors (Lipinski definition) is 0. The number of esters is 1. The molecule has 0 spiro atoms. The van der Waals surface area contributed by atoms with Gasteiger partial charge in [0.15, 0.2) is 0 Å². The largest absolute Gasteiger partial charge is 0.494 e. The van der Waals surface area contributed by atoms with Crippen molar-refractivity contribution in [2.24, 2.45) is 0 Å². The van der Waals surface area contributed by atoms with E-state index in [0.717, 1.165) is 10.4 Å². The number of sulfonamides is 1. The Kier molecular flexibility index (Phi) is 7.16. The molecule has 0 saturated heterocycles. The molecule has 0 amide bonds. The summed E-state index contributed by atoms with van der Waals surface area (Å²) in [5, 5.41) is 11.1. The predicted molar refractivity (Wildman–Crippen MR) is 107 cm³/mol. The van der Waals surface area contributed by atoms with Gasteiger partial charge in [0.2, 0.25) is 0 Å². The number of nitrogens with zero attached hydrogens (tertiary/aromatic N) is 2. The Morgan fingerprint density at radius 2 is 1.86 bits per heavy atom. The first kappa shape index (κ1) is 22.2. The summed E-state index contributed by atoms with van der Waals surface area (Å²) in [7, 11) is -4.31. The predicted octanol–water partition coefficient (Wildman–Crippen LogP) is 3.06. The van der Waals surface area contributed by atoms with Crippen LogP contribution in [0, 0.1) is 17.0 Å². The lowest BCUT2D eigenvalue weighted by molar-refractivity contribution is -0.385. The Hall–Kier alpha value is -3.14. The van der Waals surface area contributed by atoms with Gasteiger partial charge in [-0.2, -0.15) is 0 Å². The molecule has 0 aliphatic heterocycles. The SMILES string of the molecule is CCOC(=O)CN(c1cccc(OCC)c1)S(=O)(=O)c1cc([N+](=O)[O-])ccc1C. The number of aryl methyl sites for hydroxylation is 1. The Morgan fingerprint density at radius 3 is 2.48 bits per heavy atom. The van der Waals surface area contributed by atoms with Crippen LogP contribution in [0.25, 0.3) is 0 Å². The smallest absolute Gasteiger partial charge is 0.326 e. The highest BCUT2D eigenvalue weighted by atomic mass is 32.2. The molecule has 0 atom stereocenters. The molecule has 0 aliphatic carbocycles. The number of benzene rings is 2. The third-order valence-corrected chi connectivity index (χ3v) is 5.86. The molecule has 0 bridgehead atoms. The van der Waals surface area contributed by atoms with E-state index in [4.69, 9.17) is 9.47 Å². The monoisotopic (exact) mass is 422 g/mol. The third-order valence-electron chi connectivity index (χ3n) is 3.95. The first-order valence-corrected chi connectivity index (χ1v) is 10.3. The number of anilines is 1. The number of carbonyl (C=O) groups is 1. The van der Waals surface area contributed by atoms with E-state index in [1.807, 2.05) is 0 Å². The molecular weight excluding hydrogens is 400 g/mol. The van der Waals surface area contributed by atoms with Crippen molar-refractivity contribution in [3.05, 3.63) is 58.1 Å². The number of nitro benzene ring substituents is 1. The van der Waals surface area contributed by atoms with Crippen molar-refractivity contribution < 1.29 is 27.6 Å². The van der Waals surface area contributed by atoms with E-state index < -0.39 is 27.5 Å². The van der Waals surface area contributed by atoms with Crippen LogP contribution in [0.4, 0.5) is 11.4 Å². The molecular formula is C19H22N2O7S. The van der Waals surface area contributed by atoms with E-state index in [2.05, 4.69) is 0 Å². The summed E-state index contributed by atoms with van der Waals surface area (Å²) in [4.78, 5) is 22.3. The minimum absolute atomic E-state index is 0.0849. The molecule has 0 unspecified atom stereocenters. The van der Waals surface area contributed by atoms with Crippen LogP contribution in [-0.2, 0) is 19.6 Å². The number of nitro groups is 1. The van der Waals surface area contributed by atoms with E-state index in [1.54, 1.807) is 26.0 Å². The van der Waals surface area contributed by atoms with Gasteiger partial charge in [0.1, 0.15) is 12.3 Å². The summed E-state index contributed by atoms with van der Waals surface area (Å²) in [6.07, 6.45) is 0. The fourth-order valence-electron chi connectivity index (χ4n) is 2.63. The lowest BCUT2D eigenvalue weighted by atomic mass is 10.2. The molecule has 0 fully saturated rings. The van der Waals surface area contributed by atoms with Crippen molar-refractivity contribution in [2.45, 2.75) is 25.7 Å². The van der Waals surface area contributed by atoms with Crippen molar-refractivity contribution in [3.63, 3.8) is 0 Å². The quantitative estimate of drug-likeness (QED) is 0.346. The van der Waals surface area contributed by atoms with Gasteiger partial charge in [-0.1, -0.05) is 12.1 Å². The molecule has 0 saturated carbocycles. The van der Waals surface area contributed by atoms with Crippen molar-refractivity contribution >= 4 is 27.4 Å². The Labute approximate surface area is 169 Å². The lowest BCUT2D eigenvalue weighted by Crippen LogP contribution is -2.37. The highest BCUT2D eigenvalue weighted by Crippen LogP contribution is 2.30. The Bertz CT molecular complexity index is 1010. The molecule has 156 valence electrons. The maximum absolute atomic E-state index is 13.4. The van der Waals surface area contributed by atoms with Gasteiger partial charge in [-0.25, -0.2) is 8.42 Å². The van der Waals surface area contributed by atoms with E-state index in [1.165, 1.54) is 31.2 Å². The summed E-state index contributed by atoms with van der Waals surface area (Å²) < 4.78 is 38.0. The summed E-state index contributed by atoms with van der Waals surface area (Å²) in [5.74, 6) is -0.328. The van der Waals surface area contributed by atoms with Crippen LogP contribution < -0.4 is 9.04 Å². The fraction of sp³-hybridized carbons (Fsp3) is 0.316. The van der Waals surface area contributed by atoms with Gasteiger partial charge in [0.05, 0.1) is 28.7 Å². The number of hydrogen-bond acceptors (Lipinski definition) is 7. The maximum Gasteiger partial charge on any atom is 0.326 e. The average molecular weight is 422 g/mol. The molecule has 0 heterocycles. The number of ether oxygens (including phenoxy) is 2. The summed E-state index contributed by atoms with van der Waals surface area (Å²) in [6, 6.07) is 9.78. The molecule has 10 heteroatoms. The zero-order chi connectivity index (χ0) is 21.6.